The van der Waals surface area contributed by atoms with Crippen molar-refractivity contribution < 1.29 is 18.3 Å². The number of hydrogen-bond acceptors (Lipinski definition) is 3. The molecule has 5 heteroatoms. The lowest BCUT2D eigenvalue weighted by atomic mass is 9.78. The standard InChI is InChI=1S/C21H20F2O2S/c1-4-13-9-10-14(19-18(13)24-21(22,23)25-19)11-20(2,3)16-12-26-17-8-6-5-7-15(16)17/h5-10,12H,4,11H2,1-3H3. The van der Waals surface area contributed by atoms with Crippen molar-refractivity contribution in [3.8, 4) is 11.5 Å². The number of fused-ring (bicyclic) bond motifs is 2. The summed E-state index contributed by atoms with van der Waals surface area (Å²) in [6, 6.07) is 12.0. The minimum Gasteiger partial charge on any atom is -0.395 e. The van der Waals surface area contributed by atoms with Crippen LogP contribution < -0.4 is 9.47 Å². The summed E-state index contributed by atoms with van der Waals surface area (Å²) in [5.41, 5.74) is 2.47. The maximum absolute atomic E-state index is 13.7. The highest BCUT2D eigenvalue weighted by Crippen LogP contribution is 2.48. The van der Waals surface area contributed by atoms with Crippen LogP contribution in [0.4, 0.5) is 8.78 Å². The molecule has 136 valence electrons. The fraction of sp³-hybridized carbons (Fsp3) is 0.333. The van der Waals surface area contributed by atoms with Crippen LogP contribution in [-0.2, 0) is 18.3 Å². The van der Waals surface area contributed by atoms with Crippen molar-refractivity contribution in [3.63, 3.8) is 0 Å². The summed E-state index contributed by atoms with van der Waals surface area (Å²) in [7, 11) is 0. The van der Waals surface area contributed by atoms with Gasteiger partial charge in [-0.25, -0.2) is 0 Å². The number of ether oxygens (including phenoxy) is 2. The molecule has 0 aliphatic carbocycles. The van der Waals surface area contributed by atoms with Crippen molar-refractivity contribution in [3.05, 3.63) is 58.5 Å². The Bertz CT molecular complexity index is 975. The summed E-state index contributed by atoms with van der Waals surface area (Å²) >= 11 is 1.71. The van der Waals surface area contributed by atoms with Crippen LogP contribution in [-0.4, -0.2) is 6.29 Å². The van der Waals surface area contributed by atoms with Crippen LogP contribution in [0.3, 0.4) is 0 Å². The third-order valence-electron chi connectivity index (χ3n) is 4.94. The van der Waals surface area contributed by atoms with E-state index in [9.17, 15) is 8.78 Å². The Morgan fingerprint density at radius 3 is 2.38 bits per heavy atom. The van der Waals surface area contributed by atoms with Gasteiger partial charge >= 0.3 is 6.29 Å². The predicted octanol–water partition coefficient (Wildman–Crippen LogP) is 6.31. The second-order valence-corrected chi connectivity index (χ2v) is 8.18. The Labute approximate surface area is 155 Å². The summed E-state index contributed by atoms with van der Waals surface area (Å²) in [6.45, 7) is 6.18. The fourth-order valence-corrected chi connectivity index (χ4v) is 4.77. The summed E-state index contributed by atoms with van der Waals surface area (Å²) in [6.07, 6.45) is -2.40. The topological polar surface area (TPSA) is 18.5 Å². The van der Waals surface area contributed by atoms with Crippen molar-refractivity contribution in [1.29, 1.82) is 0 Å². The number of halogens is 2. The molecule has 1 aromatic heterocycles. The molecule has 0 radical (unpaired) electrons. The van der Waals surface area contributed by atoms with E-state index in [1.165, 1.54) is 15.6 Å². The molecular weight excluding hydrogens is 354 g/mol. The highest BCUT2D eigenvalue weighted by atomic mass is 32.1. The first-order valence-corrected chi connectivity index (χ1v) is 9.56. The Kier molecular flexibility index (Phi) is 3.95. The van der Waals surface area contributed by atoms with Gasteiger partial charge in [-0.2, -0.15) is 0 Å². The smallest absolute Gasteiger partial charge is 0.395 e. The van der Waals surface area contributed by atoms with E-state index in [0.29, 0.717) is 12.8 Å². The van der Waals surface area contributed by atoms with Gasteiger partial charge < -0.3 is 9.47 Å². The lowest BCUT2D eigenvalue weighted by Gasteiger charge is -2.25. The van der Waals surface area contributed by atoms with E-state index in [-0.39, 0.29) is 16.9 Å². The van der Waals surface area contributed by atoms with E-state index in [1.807, 2.05) is 31.2 Å². The zero-order valence-electron chi connectivity index (χ0n) is 14.9. The third-order valence-corrected chi connectivity index (χ3v) is 5.90. The molecule has 26 heavy (non-hydrogen) atoms. The Hall–Kier alpha value is -2.14. The van der Waals surface area contributed by atoms with Crippen molar-refractivity contribution in [2.24, 2.45) is 0 Å². The molecule has 0 fully saturated rings. The molecule has 0 N–H and O–H groups in total. The van der Waals surface area contributed by atoms with E-state index >= 15 is 0 Å². The van der Waals surface area contributed by atoms with Crippen molar-refractivity contribution in [1.82, 2.24) is 0 Å². The molecule has 0 bridgehead atoms. The summed E-state index contributed by atoms with van der Waals surface area (Å²) in [5, 5.41) is 3.38. The first-order valence-electron chi connectivity index (χ1n) is 8.68. The summed E-state index contributed by atoms with van der Waals surface area (Å²) in [4.78, 5) is 0. The number of alkyl halides is 2. The van der Waals surface area contributed by atoms with Gasteiger partial charge in [-0.15, -0.1) is 20.1 Å². The van der Waals surface area contributed by atoms with Crippen LogP contribution in [0.2, 0.25) is 0 Å². The lowest BCUT2D eigenvalue weighted by molar-refractivity contribution is -0.287. The van der Waals surface area contributed by atoms with Crippen LogP contribution in [0.5, 0.6) is 11.5 Å². The van der Waals surface area contributed by atoms with Gasteiger partial charge in [-0.05, 0) is 51.8 Å². The average molecular weight is 374 g/mol. The van der Waals surface area contributed by atoms with E-state index in [0.717, 1.165) is 11.1 Å². The summed E-state index contributed by atoms with van der Waals surface area (Å²) < 4.78 is 38.3. The van der Waals surface area contributed by atoms with Crippen LogP contribution in [0.25, 0.3) is 10.1 Å². The largest absolute Gasteiger partial charge is 0.586 e. The second kappa shape index (κ2) is 5.95. The van der Waals surface area contributed by atoms with E-state index in [4.69, 9.17) is 9.47 Å². The summed E-state index contributed by atoms with van der Waals surface area (Å²) in [5.74, 6) is 0.364. The van der Waals surface area contributed by atoms with Gasteiger partial charge in [0.05, 0.1) is 0 Å². The highest BCUT2D eigenvalue weighted by molar-refractivity contribution is 7.17. The number of aryl methyl sites for hydroxylation is 1. The molecule has 0 saturated heterocycles. The maximum Gasteiger partial charge on any atom is 0.586 e. The Morgan fingerprint density at radius 1 is 1.00 bits per heavy atom. The quantitative estimate of drug-likeness (QED) is 0.533. The Morgan fingerprint density at radius 2 is 1.65 bits per heavy atom. The van der Waals surface area contributed by atoms with Gasteiger partial charge in [0, 0.05) is 4.70 Å². The molecule has 0 atom stereocenters. The third kappa shape index (κ3) is 2.84. The van der Waals surface area contributed by atoms with E-state index < -0.39 is 6.29 Å². The zero-order valence-corrected chi connectivity index (χ0v) is 15.8. The molecule has 4 rings (SSSR count). The van der Waals surface area contributed by atoms with Gasteiger partial charge in [0.2, 0.25) is 0 Å². The fourth-order valence-electron chi connectivity index (χ4n) is 3.62. The zero-order chi connectivity index (χ0) is 18.5. The number of rotatable bonds is 4. The monoisotopic (exact) mass is 374 g/mol. The minimum atomic E-state index is -3.60. The van der Waals surface area contributed by atoms with Crippen LogP contribution in [0.1, 0.15) is 37.5 Å². The molecule has 0 amide bonds. The average Bonchev–Trinajstić information content (AvgIpc) is 3.15. The molecule has 1 aliphatic heterocycles. The molecular formula is C21H20F2O2S. The van der Waals surface area contributed by atoms with Crippen molar-refractivity contribution in [2.45, 2.75) is 45.3 Å². The SMILES string of the molecule is CCc1ccc(CC(C)(C)c2csc3ccccc23)c2c1OC(F)(F)O2. The van der Waals surface area contributed by atoms with Gasteiger partial charge in [-0.1, -0.05) is 51.1 Å². The van der Waals surface area contributed by atoms with Gasteiger partial charge in [0.25, 0.3) is 0 Å². The molecule has 0 spiro atoms. The minimum absolute atomic E-state index is 0.181. The Balaban J connectivity index is 1.75. The van der Waals surface area contributed by atoms with Crippen molar-refractivity contribution in [2.75, 3.05) is 0 Å². The highest BCUT2D eigenvalue weighted by Gasteiger charge is 2.46. The second-order valence-electron chi connectivity index (χ2n) is 7.27. The molecule has 2 heterocycles. The molecule has 2 nitrogen and oxygen atoms in total. The van der Waals surface area contributed by atoms with Crippen LogP contribution in [0, 0.1) is 0 Å². The first-order chi connectivity index (χ1) is 12.3. The first kappa shape index (κ1) is 17.3. The van der Waals surface area contributed by atoms with E-state index in [1.54, 1.807) is 11.3 Å². The van der Waals surface area contributed by atoms with Crippen molar-refractivity contribution >= 4 is 21.4 Å². The molecule has 3 aromatic rings. The molecule has 0 unspecified atom stereocenters. The van der Waals surface area contributed by atoms with Crippen LogP contribution >= 0.6 is 11.3 Å². The molecule has 0 saturated carbocycles. The van der Waals surface area contributed by atoms with Crippen LogP contribution in [0.15, 0.2) is 41.8 Å². The van der Waals surface area contributed by atoms with E-state index in [2.05, 4.69) is 31.4 Å². The number of thiophene rings is 1. The lowest BCUT2D eigenvalue weighted by Crippen LogP contribution is -2.26. The number of hydrogen-bond donors (Lipinski definition) is 0. The van der Waals surface area contributed by atoms with Gasteiger partial charge in [0.15, 0.2) is 11.5 Å². The predicted molar refractivity (Wildman–Crippen MR) is 101 cm³/mol. The molecule has 2 aromatic carbocycles. The molecule has 1 aliphatic rings. The van der Waals surface area contributed by atoms with Gasteiger partial charge in [0.1, 0.15) is 0 Å². The normalized spacial score (nSPS) is 15.6. The van der Waals surface area contributed by atoms with Gasteiger partial charge in [-0.3, -0.25) is 0 Å². The maximum atomic E-state index is 13.7. The number of benzene rings is 2.